The van der Waals surface area contributed by atoms with E-state index in [9.17, 15) is 9.59 Å². The second-order valence-corrected chi connectivity index (χ2v) is 7.35. The Hall–Kier alpha value is -2.74. The first kappa shape index (κ1) is 20.0. The third-order valence-corrected chi connectivity index (χ3v) is 4.77. The van der Waals surface area contributed by atoms with Crippen LogP contribution in [-0.2, 0) is 16.1 Å². The summed E-state index contributed by atoms with van der Waals surface area (Å²) in [4.78, 5) is 30.8. The van der Waals surface area contributed by atoms with E-state index in [0.29, 0.717) is 24.8 Å². The lowest BCUT2D eigenvalue weighted by molar-refractivity contribution is -0.136. The fourth-order valence-electron chi connectivity index (χ4n) is 3.34. The molecule has 1 unspecified atom stereocenters. The molecular formula is C20H28N6O2. The maximum absolute atomic E-state index is 12.1. The van der Waals surface area contributed by atoms with Crippen molar-refractivity contribution in [3.63, 3.8) is 0 Å². The van der Waals surface area contributed by atoms with Gasteiger partial charge < -0.3 is 15.5 Å². The summed E-state index contributed by atoms with van der Waals surface area (Å²) in [6.45, 7) is 6.26. The van der Waals surface area contributed by atoms with Crippen LogP contribution in [0.2, 0.25) is 0 Å². The molecule has 0 bridgehead atoms. The highest BCUT2D eigenvalue weighted by Crippen LogP contribution is 2.10. The van der Waals surface area contributed by atoms with Crippen LogP contribution in [0.4, 0.5) is 5.82 Å². The van der Waals surface area contributed by atoms with Gasteiger partial charge in [-0.3, -0.25) is 19.3 Å². The molecule has 2 aromatic rings. The average molecular weight is 384 g/mol. The van der Waals surface area contributed by atoms with Crippen LogP contribution in [0.3, 0.4) is 0 Å². The van der Waals surface area contributed by atoms with Crippen molar-refractivity contribution >= 4 is 17.6 Å². The number of nitrogens with zero attached hydrogens (tertiary/aromatic N) is 4. The quantitative estimate of drug-likeness (QED) is 0.706. The van der Waals surface area contributed by atoms with Gasteiger partial charge in [0.05, 0.1) is 12.2 Å². The van der Waals surface area contributed by atoms with Crippen LogP contribution in [0, 0.1) is 5.92 Å². The second-order valence-electron chi connectivity index (χ2n) is 7.35. The first-order valence-electron chi connectivity index (χ1n) is 9.85. The van der Waals surface area contributed by atoms with E-state index >= 15 is 0 Å². The molecule has 28 heavy (non-hydrogen) atoms. The smallest absolute Gasteiger partial charge is 0.314 e. The number of carbonyl (C=O) groups is 2. The fraction of sp³-hybridized carbons (Fsp3) is 0.500. The van der Waals surface area contributed by atoms with Crippen LogP contribution >= 0.6 is 0 Å². The second kappa shape index (κ2) is 9.98. The minimum atomic E-state index is -0.701. The van der Waals surface area contributed by atoms with Gasteiger partial charge in [-0.2, -0.15) is 5.10 Å². The van der Waals surface area contributed by atoms with Crippen molar-refractivity contribution in [3.8, 4) is 0 Å². The van der Waals surface area contributed by atoms with E-state index in [2.05, 4.69) is 32.5 Å². The van der Waals surface area contributed by atoms with Gasteiger partial charge in [0.15, 0.2) is 5.82 Å². The largest absolute Gasteiger partial charge is 0.348 e. The number of carbonyl (C=O) groups excluding carboxylic acids is 2. The molecule has 1 atom stereocenters. The van der Waals surface area contributed by atoms with Gasteiger partial charge in [0.2, 0.25) is 0 Å². The van der Waals surface area contributed by atoms with Crippen molar-refractivity contribution in [2.45, 2.75) is 32.7 Å². The predicted octanol–water partition coefficient (Wildman–Crippen LogP) is 1.50. The topological polar surface area (TPSA) is 92.2 Å². The Morgan fingerprint density at radius 3 is 2.71 bits per heavy atom. The molecule has 0 spiro atoms. The molecule has 1 fully saturated rings. The monoisotopic (exact) mass is 384 g/mol. The molecule has 3 heterocycles. The Morgan fingerprint density at radius 2 is 1.96 bits per heavy atom. The van der Waals surface area contributed by atoms with Crippen molar-refractivity contribution in [1.82, 2.24) is 25.0 Å². The van der Waals surface area contributed by atoms with Gasteiger partial charge in [0.25, 0.3) is 0 Å². The number of amides is 2. The van der Waals surface area contributed by atoms with Gasteiger partial charge in [-0.15, -0.1) is 0 Å². The van der Waals surface area contributed by atoms with Crippen LogP contribution < -0.4 is 10.6 Å². The van der Waals surface area contributed by atoms with E-state index in [-0.39, 0.29) is 0 Å². The standard InChI is InChI=1S/C20H28N6O2/c1-16(14-25-10-5-2-6-11-25)13-22-19(27)20(28)23-18-8-12-26(24-18)15-17-7-3-4-9-21-17/h3-4,7-9,12,16H,2,5-6,10-11,13-15H2,1H3,(H,22,27)(H,23,24,28). The molecule has 2 aromatic heterocycles. The van der Waals surface area contributed by atoms with Gasteiger partial charge in [-0.25, -0.2) is 0 Å². The molecule has 3 rings (SSSR count). The Morgan fingerprint density at radius 1 is 1.14 bits per heavy atom. The highest BCUT2D eigenvalue weighted by atomic mass is 16.2. The number of piperidine rings is 1. The van der Waals surface area contributed by atoms with Gasteiger partial charge >= 0.3 is 11.8 Å². The van der Waals surface area contributed by atoms with E-state index in [1.165, 1.54) is 19.3 Å². The van der Waals surface area contributed by atoms with Crippen molar-refractivity contribution in [2.75, 3.05) is 31.5 Å². The van der Waals surface area contributed by atoms with Gasteiger partial charge in [0, 0.05) is 31.5 Å². The summed E-state index contributed by atoms with van der Waals surface area (Å²) in [6.07, 6.45) is 7.25. The van der Waals surface area contributed by atoms with Gasteiger partial charge in [0.1, 0.15) is 0 Å². The molecule has 8 heteroatoms. The molecule has 2 N–H and O–H groups in total. The molecule has 2 amide bonds. The highest BCUT2D eigenvalue weighted by molar-refractivity contribution is 6.39. The van der Waals surface area contributed by atoms with E-state index in [4.69, 9.17) is 0 Å². The number of rotatable bonds is 7. The zero-order chi connectivity index (χ0) is 19.8. The number of pyridine rings is 1. The molecule has 150 valence electrons. The van der Waals surface area contributed by atoms with Gasteiger partial charge in [-0.05, 0) is 44.0 Å². The number of aromatic nitrogens is 3. The maximum Gasteiger partial charge on any atom is 0.314 e. The lowest BCUT2D eigenvalue weighted by Crippen LogP contribution is -2.41. The molecule has 1 aliphatic rings. The van der Waals surface area contributed by atoms with Crippen LogP contribution in [0.5, 0.6) is 0 Å². The predicted molar refractivity (Wildman–Crippen MR) is 107 cm³/mol. The molecule has 1 saturated heterocycles. The minimum absolute atomic E-state index is 0.299. The number of anilines is 1. The molecule has 0 saturated carbocycles. The summed E-state index contributed by atoms with van der Waals surface area (Å²) in [6, 6.07) is 7.32. The molecule has 8 nitrogen and oxygen atoms in total. The summed E-state index contributed by atoms with van der Waals surface area (Å²) >= 11 is 0. The number of hydrogen-bond acceptors (Lipinski definition) is 5. The third kappa shape index (κ3) is 6.16. The lowest BCUT2D eigenvalue weighted by Gasteiger charge is -2.29. The zero-order valence-electron chi connectivity index (χ0n) is 16.3. The molecule has 0 aromatic carbocycles. The Labute approximate surface area is 165 Å². The summed E-state index contributed by atoms with van der Waals surface area (Å²) < 4.78 is 1.66. The molecule has 0 radical (unpaired) electrons. The minimum Gasteiger partial charge on any atom is -0.348 e. The zero-order valence-corrected chi connectivity index (χ0v) is 16.3. The number of likely N-dealkylation sites (tertiary alicyclic amines) is 1. The summed E-state index contributed by atoms with van der Waals surface area (Å²) in [5.41, 5.74) is 0.865. The first-order valence-corrected chi connectivity index (χ1v) is 9.85. The summed E-state index contributed by atoms with van der Waals surface area (Å²) in [5, 5.41) is 9.51. The lowest BCUT2D eigenvalue weighted by atomic mass is 10.1. The average Bonchev–Trinajstić information content (AvgIpc) is 3.14. The summed E-state index contributed by atoms with van der Waals surface area (Å²) in [7, 11) is 0. The van der Waals surface area contributed by atoms with Gasteiger partial charge in [-0.1, -0.05) is 19.4 Å². The molecule has 1 aliphatic heterocycles. The van der Waals surface area contributed by atoms with E-state index < -0.39 is 11.8 Å². The summed E-state index contributed by atoms with van der Waals surface area (Å²) in [5.74, 6) is -0.692. The Balaban J connectivity index is 1.40. The molecule has 0 aliphatic carbocycles. The van der Waals surface area contributed by atoms with Crippen molar-refractivity contribution in [2.24, 2.45) is 5.92 Å². The van der Waals surface area contributed by atoms with Crippen LogP contribution in [0.1, 0.15) is 31.9 Å². The van der Waals surface area contributed by atoms with Crippen LogP contribution in [-0.4, -0.2) is 57.7 Å². The third-order valence-electron chi connectivity index (χ3n) is 4.77. The van der Waals surface area contributed by atoms with Crippen molar-refractivity contribution in [3.05, 3.63) is 42.4 Å². The first-order chi connectivity index (χ1) is 13.6. The van der Waals surface area contributed by atoms with E-state index in [1.807, 2.05) is 18.2 Å². The number of hydrogen-bond donors (Lipinski definition) is 2. The van der Waals surface area contributed by atoms with E-state index in [0.717, 1.165) is 25.3 Å². The highest BCUT2D eigenvalue weighted by Gasteiger charge is 2.18. The maximum atomic E-state index is 12.1. The SMILES string of the molecule is CC(CNC(=O)C(=O)Nc1ccn(Cc2ccccn2)n1)CN1CCCCC1. The normalized spacial score (nSPS) is 15.8. The molecular weight excluding hydrogens is 356 g/mol. The Kier molecular flexibility index (Phi) is 7.13. The Bertz CT molecular complexity index is 770. The number of nitrogens with one attached hydrogen (secondary N) is 2. The van der Waals surface area contributed by atoms with Crippen LogP contribution in [0.15, 0.2) is 36.7 Å². The van der Waals surface area contributed by atoms with E-state index in [1.54, 1.807) is 23.1 Å². The fourth-order valence-corrected chi connectivity index (χ4v) is 3.34. The van der Waals surface area contributed by atoms with Crippen molar-refractivity contribution in [1.29, 1.82) is 0 Å². The van der Waals surface area contributed by atoms with Crippen molar-refractivity contribution < 1.29 is 9.59 Å². The van der Waals surface area contributed by atoms with Crippen LogP contribution in [0.25, 0.3) is 0 Å².